The summed E-state index contributed by atoms with van der Waals surface area (Å²) in [4.78, 5) is 11.8. The van der Waals surface area contributed by atoms with Crippen molar-refractivity contribution in [2.45, 2.75) is 96.4 Å². The highest BCUT2D eigenvalue weighted by Crippen LogP contribution is 2.54. The lowest BCUT2D eigenvalue weighted by atomic mass is 9.66. The van der Waals surface area contributed by atoms with Crippen molar-refractivity contribution < 1.29 is 0 Å². The van der Waals surface area contributed by atoms with E-state index in [0.29, 0.717) is 5.92 Å². The zero-order valence-electron chi connectivity index (χ0n) is 43.8. The van der Waals surface area contributed by atoms with E-state index in [-0.39, 0.29) is 29.2 Å². The molecule has 9 aromatic carbocycles. The van der Waals surface area contributed by atoms with E-state index in [2.05, 4.69) is 254 Å². The monoisotopic (exact) mass is 959 g/mol. The highest BCUT2D eigenvalue weighted by molar-refractivity contribution is 6.14. The molecule has 74 heavy (non-hydrogen) atoms. The molecule has 9 aromatic rings. The molecule has 3 aliphatic rings. The topological polar surface area (TPSA) is 24.7 Å². The van der Waals surface area contributed by atoms with E-state index in [4.69, 9.17) is 9.98 Å². The van der Waals surface area contributed by atoms with E-state index >= 15 is 0 Å². The van der Waals surface area contributed by atoms with Crippen molar-refractivity contribution in [1.29, 1.82) is 0 Å². The van der Waals surface area contributed by atoms with Gasteiger partial charge in [0, 0.05) is 22.8 Å². The van der Waals surface area contributed by atoms with E-state index in [1.807, 2.05) is 0 Å². The van der Waals surface area contributed by atoms with Crippen molar-refractivity contribution in [2.24, 2.45) is 15.9 Å². The van der Waals surface area contributed by atoms with E-state index in [0.717, 1.165) is 42.8 Å². The van der Waals surface area contributed by atoms with Gasteiger partial charge >= 0.3 is 0 Å². The number of aryl methyl sites for hydroxylation is 1. The lowest BCUT2D eigenvalue weighted by molar-refractivity contribution is 0.411. The molecule has 1 aliphatic heterocycles. The van der Waals surface area contributed by atoms with Gasteiger partial charge < -0.3 is 0 Å². The summed E-state index contributed by atoms with van der Waals surface area (Å²) in [6, 6.07) is 79.3. The summed E-state index contributed by atoms with van der Waals surface area (Å²) in [5, 5.41) is 0. The third-order valence-electron chi connectivity index (χ3n) is 17.2. The Morgan fingerprint density at radius 2 is 1.12 bits per heavy atom. The van der Waals surface area contributed by atoms with Gasteiger partial charge in [0.2, 0.25) is 0 Å². The number of hydrogen-bond acceptors (Lipinski definition) is 2. The number of nitrogens with zero attached hydrogens (tertiary/aromatic N) is 2. The Hall–Kier alpha value is -7.68. The van der Waals surface area contributed by atoms with E-state index in [1.165, 1.54) is 100 Å². The Bertz CT molecular complexity index is 3600. The molecule has 0 spiro atoms. The fraction of sp³-hybridized carbons (Fsp3) is 0.222. The summed E-state index contributed by atoms with van der Waals surface area (Å²) in [6.07, 6.45) is 3.83. The van der Waals surface area contributed by atoms with Gasteiger partial charge in [0.05, 0.1) is 11.8 Å². The molecule has 0 amide bonds. The first-order valence-corrected chi connectivity index (χ1v) is 27.2. The summed E-state index contributed by atoms with van der Waals surface area (Å²) >= 11 is 0. The molecule has 0 fully saturated rings. The standard InChI is InChI=1S/C72H66N2/c1-7-48(42-55-27-15-16-30-58(55)63-45-64-60-31-19-20-36-65(60)72(5,6)66(64)41-46(63)3)54-28-21-29-56(43-54)71-73-67(44-49(8-2)70(74-71)53-39-37-51(38-40-53)50-23-11-9-12-24-50)68-47(4)57-34-22-35-59(52-25-13-10-14-26-52)69(57)62-33-18-17-32-61(62)68/h9-41,43,45,47-49,67-68H,7-8,42,44H2,1-6H3. The van der Waals surface area contributed by atoms with Crippen molar-refractivity contribution in [1.82, 2.24) is 0 Å². The van der Waals surface area contributed by atoms with Gasteiger partial charge in [-0.3, -0.25) is 4.99 Å². The first kappa shape index (κ1) is 47.3. The van der Waals surface area contributed by atoms with Crippen LogP contribution in [0.4, 0.5) is 0 Å². The molecule has 5 atom stereocenters. The van der Waals surface area contributed by atoms with Gasteiger partial charge in [0.1, 0.15) is 0 Å². The second kappa shape index (κ2) is 19.6. The van der Waals surface area contributed by atoms with Gasteiger partial charge in [-0.25, -0.2) is 4.99 Å². The van der Waals surface area contributed by atoms with Gasteiger partial charge in [-0.15, -0.1) is 0 Å². The number of amidine groups is 1. The lowest BCUT2D eigenvalue weighted by Crippen LogP contribution is -2.29. The van der Waals surface area contributed by atoms with E-state index < -0.39 is 0 Å². The maximum absolute atomic E-state index is 5.97. The fourth-order valence-electron chi connectivity index (χ4n) is 13.3. The summed E-state index contributed by atoms with van der Waals surface area (Å²) in [5.41, 5.74) is 26.1. The van der Waals surface area contributed by atoms with Gasteiger partial charge in [-0.05, 0) is 157 Å². The predicted octanol–water partition coefficient (Wildman–Crippen LogP) is 18.6. The van der Waals surface area contributed by atoms with Crippen molar-refractivity contribution in [3.8, 4) is 55.6 Å². The molecule has 2 heteroatoms. The summed E-state index contributed by atoms with van der Waals surface area (Å²) in [6.45, 7) is 14.2. The molecule has 5 unspecified atom stereocenters. The SMILES string of the molecule is CCC1CC(C2c3ccccc3-c3c(-c4ccccc4)cccc3C2C)N=C(c2cccc(C(CC)Cc3ccccc3-c3cc4c(cc3C)C(C)(C)c3ccccc3-4)c2)N=C1c1ccc(-c2ccccc2)cc1. The third kappa shape index (κ3) is 8.39. The third-order valence-corrected chi connectivity index (χ3v) is 17.2. The highest BCUT2D eigenvalue weighted by Gasteiger charge is 2.40. The molecule has 364 valence electrons. The fourth-order valence-corrected chi connectivity index (χ4v) is 13.3. The second-order valence-electron chi connectivity index (χ2n) is 21.8. The number of aliphatic imine (C=N–C) groups is 2. The Balaban J connectivity index is 0.945. The summed E-state index contributed by atoms with van der Waals surface area (Å²) in [5.74, 6) is 1.75. The quantitative estimate of drug-likeness (QED) is 0.123. The van der Waals surface area contributed by atoms with Crippen LogP contribution >= 0.6 is 0 Å². The number of rotatable bonds is 11. The molecule has 0 saturated carbocycles. The maximum atomic E-state index is 5.97. The van der Waals surface area contributed by atoms with E-state index in [1.54, 1.807) is 0 Å². The Kier molecular flexibility index (Phi) is 12.6. The van der Waals surface area contributed by atoms with Crippen LogP contribution in [0.2, 0.25) is 0 Å². The average molecular weight is 959 g/mol. The molecule has 0 bridgehead atoms. The molecular formula is C72H66N2. The zero-order chi connectivity index (χ0) is 50.5. The van der Waals surface area contributed by atoms with Crippen molar-refractivity contribution >= 4 is 11.5 Å². The van der Waals surface area contributed by atoms with Crippen LogP contribution in [0.1, 0.15) is 122 Å². The second-order valence-corrected chi connectivity index (χ2v) is 21.8. The Morgan fingerprint density at radius 3 is 1.88 bits per heavy atom. The molecule has 12 rings (SSSR count). The zero-order valence-corrected chi connectivity index (χ0v) is 43.8. The molecule has 0 N–H and O–H groups in total. The van der Waals surface area contributed by atoms with Crippen molar-refractivity contribution in [2.75, 3.05) is 0 Å². The summed E-state index contributed by atoms with van der Waals surface area (Å²) in [7, 11) is 0. The van der Waals surface area contributed by atoms with Gasteiger partial charge in [-0.1, -0.05) is 235 Å². The normalized spacial score (nSPS) is 18.7. The number of fused-ring (bicyclic) bond motifs is 6. The Labute approximate surface area is 439 Å². The average Bonchev–Trinajstić information content (AvgIpc) is 3.54. The molecular weight excluding hydrogens is 893 g/mol. The highest BCUT2D eigenvalue weighted by atomic mass is 15.0. The first-order valence-electron chi connectivity index (χ1n) is 27.2. The first-order chi connectivity index (χ1) is 36.2. The minimum Gasteiger partial charge on any atom is -0.262 e. The molecule has 0 aromatic heterocycles. The van der Waals surface area contributed by atoms with Crippen LogP contribution in [-0.2, 0) is 11.8 Å². The van der Waals surface area contributed by atoms with Gasteiger partial charge in [0.15, 0.2) is 5.84 Å². The van der Waals surface area contributed by atoms with Gasteiger partial charge in [0.25, 0.3) is 0 Å². The lowest BCUT2D eigenvalue weighted by Gasteiger charge is -2.38. The predicted molar refractivity (Wildman–Crippen MR) is 313 cm³/mol. The minimum absolute atomic E-state index is 0.00456. The van der Waals surface area contributed by atoms with Crippen LogP contribution in [0.3, 0.4) is 0 Å². The van der Waals surface area contributed by atoms with Crippen LogP contribution in [0.25, 0.3) is 55.6 Å². The number of hydrogen-bond donors (Lipinski definition) is 0. The number of benzene rings is 9. The van der Waals surface area contributed by atoms with Crippen LogP contribution in [-0.4, -0.2) is 17.6 Å². The molecule has 0 saturated heterocycles. The van der Waals surface area contributed by atoms with Crippen LogP contribution in [0.5, 0.6) is 0 Å². The minimum atomic E-state index is -0.0266. The van der Waals surface area contributed by atoms with Crippen molar-refractivity contribution in [3.63, 3.8) is 0 Å². The molecule has 2 nitrogen and oxygen atoms in total. The summed E-state index contributed by atoms with van der Waals surface area (Å²) < 4.78 is 0. The maximum Gasteiger partial charge on any atom is 0.155 e. The largest absolute Gasteiger partial charge is 0.262 e. The molecule has 1 heterocycles. The van der Waals surface area contributed by atoms with Gasteiger partial charge in [-0.2, -0.15) is 0 Å². The van der Waals surface area contributed by atoms with Crippen molar-refractivity contribution in [3.05, 3.63) is 262 Å². The van der Waals surface area contributed by atoms with Crippen LogP contribution < -0.4 is 0 Å². The smallest absolute Gasteiger partial charge is 0.155 e. The molecule has 0 radical (unpaired) electrons. The van der Waals surface area contributed by atoms with E-state index in [9.17, 15) is 0 Å². The van der Waals surface area contributed by atoms with Crippen LogP contribution in [0.15, 0.2) is 222 Å². The molecule has 2 aliphatic carbocycles. The van der Waals surface area contributed by atoms with Crippen LogP contribution in [0, 0.1) is 12.8 Å². The Morgan fingerprint density at radius 1 is 0.514 bits per heavy atom.